The first-order chi connectivity index (χ1) is 8.58. The molecule has 1 fully saturated rings. The van der Waals surface area contributed by atoms with Gasteiger partial charge in [0.25, 0.3) is 0 Å². The molecule has 1 aromatic rings. The Labute approximate surface area is 117 Å². The Morgan fingerprint density at radius 1 is 1.05 bits per heavy atom. The van der Waals surface area contributed by atoms with Crippen molar-refractivity contribution in [1.29, 1.82) is 0 Å². The Bertz CT molecular complexity index is 591. The van der Waals surface area contributed by atoms with E-state index in [4.69, 9.17) is 0 Å². The van der Waals surface area contributed by atoms with Crippen LogP contribution in [0.4, 0.5) is 0 Å². The molecule has 0 saturated carbocycles. The number of rotatable bonds is 0. The third kappa shape index (κ3) is 2.00. The fourth-order valence-corrected chi connectivity index (χ4v) is 3.60. The molecule has 1 saturated heterocycles. The Kier molecular flexibility index (Phi) is 3.08. The van der Waals surface area contributed by atoms with E-state index in [1.54, 1.807) is 0 Å². The van der Waals surface area contributed by atoms with Crippen molar-refractivity contribution in [3.63, 3.8) is 0 Å². The SMILES string of the molecule is C=c1cc(C)c(=C2N(C)CC(C)(C)C2(C)C)c(C)c1. The quantitative estimate of drug-likeness (QED) is 0.691. The fraction of sp³-hybridized carbons (Fsp3) is 0.556. The molecular weight excluding hydrogens is 230 g/mol. The maximum atomic E-state index is 4.07. The van der Waals surface area contributed by atoms with Crippen LogP contribution < -0.4 is 10.4 Å². The molecule has 0 spiro atoms. The molecule has 0 aromatic heterocycles. The van der Waals surface area contributed by atoms with Gasteiger partial charge in [0.2, 0.25) is 0 Å². The smallest absolute Gasteiger partial charge is 0.0273 e. The van der Waals surface area contributed by atoms with Crippen LogP contribution >= 0.6 is 0 Å². The van der Waals surface area contributed by atoms with Crippen LogP contribution in [0.15, 0.2) is 12.1 Å². The van der Waals surface area contributed by atoms with Gasteiger partial charge in [-0.15, -0.1) is 0 Å². The topological polar surface area (TPSA) is 3.24 Å². The van der Waals surface area contributed by atoms with Crippen molar-refractivity contribution in [3.05, 3.63) is 33.7 Å². The first-order valence-electron chi connectivity index (χ1n) is 7.10. The van der Waals surface area contributed by atoms with E-state index in [1.807, 2.05) is 0 Å². The molecule has 2 rings (SSSR count). The van der Waals surface area contributed by atoms with Gasteiger partial charge in [0.05, 0.1) is 0 Å². The zero-order valence-electron chi connectivity index (χ0n) is 13.5. The van der Waals surface area contributed by atoms with Gasteiger partial charge >= 0.3 is 0 Å². The van der Waals surface area contributed by atoms with Crippen molar-refractivity contribution < 1.29 is 0 Å². The summed E-state index contributed by atoms with van der Waals surface area (Å²) in [5, 5.41) is 2.53. The number of likely N-dealkylation sites (tertiary alicyclic amines) is 1. The molecule has 0 atom stereocenters. The first kappa shape index (κ1) is 14.2. The summed E-state index contributed by atoms with van der Waals surface area (Å²) >= 11 is 0. The van der Waals surface area contributed by atoms with Crippen LogP contribution in [-0.4, -0.2) is 18.5 Å². The molecule has 19 heavy (non-hydrogen) atoms. The zero-order valence-corrected chi connectivity index (χ0v) is 13.5. The summed E-state index contributed by atoms with van der Waals surface area (Å²) in [6.45, 7) is 19.1. The predicted octanol–water partition coefficient (Wildman–Crippen LogP) is 2.82. The summed E-state index contributed by atoms with van der Waals surface area (Å²) in [6, 6.07) is 4.40. The van der Waals surface area contributed by atoms with Crippen molar-refractivity contribution in [3.8, 4) is 0 Å². The average molecular weight is 257 g/mol. The second-order valence-corrected chi connectivity index (χ2v) is 7.32. The molecule has 1 heterocycles. The van der Waals surface area contributed by atoms with Crippen LogP contribution in [0, 0.1) is 24.7 Å². The highest BCUT2D eigenvalue weighted by atomic mass is 15.2. The largest absolute Gasteiger partial charge is 0.376 e. The second kappa shape index (κ2) is 4.13. The van der Waals surface area contributed by atoms with Gasteiger partial charge in [-0.1, -0.05) is 46.4 Å². The molecule has 1 aliphatic heterocycles. The number of nitrogens with zero attached hydrogens (tertiary/aromatic N) is 1. The molecule has 1 heteroatoms. The molecule has 0 unspecified atom stereocenters. The second-order valence-electron chi connectivity index (χ2n) is 7.32. The minimum Gasteiger partial charge on any atom is -0.376 e. The molecule has 104 valence electrons. The lowest BCUT2D eigenvalue weighted by Gasteiger charge is -2.34. The van der Waals surface area contributed by atoms with Crippen LogP contribution in [0.2, 0.25) is 0 Å². The number of hydrogen-bond acceptors (Lipinski definition) is 1. The van der Waals surface area contributed by atoms with Crippen molar-refractivity contribution in [1.82, 2.24) is 4.90 Å². The summed E-state index contributed by atoms with van der Waals surface area (Å²) < 4.78 is 0. The van der Waals surface area contributed by atoms with Gasteiger partial charge in [-0.3, -0.25) is 0 Å². The molecule has 0 radical (unpaired) electrons. The van der Waals surface area contributed by atoms with Crippen LogP contribution in [0.5, 0.6) is 0 Å². The van der Waals surface area contributed by atoms with Crippen LogP contribution in [-0.2, 0) is 0 Å². The van der Waals surface area contributed by atoms with Crippen molar-refractivity contribution >= 4 is 12.3 Å². The van der Waals surface area contributed by atoms with Gasteiger partial charge in [-0.2, -0.15) is 0 Å². The van der Waals surface area contributed by atoms with E-state index < -0.39 is 0 Å². The molecule has 0 amide bonds. The summed E-state index contributed by atoms with van der Waals surface area (Å²) in [5.74, 6) is 0. The van der Waals surface area contributed by atoms with Gasteiger partial charge in [-0.25, -0.2) is 0 Å². The Hall–Kier alpha value is -1.24. The number of aryl methyl sites for hydroxylation is 2. The molecule has 0 bridgehead atoms. The zero-order chi connectivity index (χ0) is 14.6. The number of hydrogen-bond donors (Lipinski definition) is 0. The summed E-state index contributed by atoms with van der Waals surface area (Å²) in [6.07, 6.45) is 0. The lowest BCUT2D eigenvalue weighted by molar-refractivity contribution is 0.210. The fourth-order valence-electron chi connectivity index (χ4n) is 3.60. The van der Waals surface area contributed by atoms with E-state index in [0.717, 1.165) is 11.8 Å². The maximum Gasteiger partial charge on any atom is 0.0273 e. The highest BCUT2D eigenvalue weighted by Crippen LogP contribution is 2.52. The predicted molar refractivity (Wildman–Crippen MR) is 84.3 cm³/mol. The Morgan fingerprint density at radius 3 is 1.89 bits per heavy atom. The summed E-state index contributed by atoms with van der Waals surface area (Å²) in [4.78, 5) is 2.44. The van der Waals surface area contributed by atoms with Crippen LogP contribution in [0.3, 0.4) is 0 Å². The third-order valence-electron chi connectivity index (χ3n) is 5.13. The van der Waals surface area contributed by atoms with Gasteiger partial charge < -0.3 is 4.90 Å². The van der Waals surface area contributed by atoms with Crippen molar-refractivity contribution in [2.45, 2.75) is 41.5 Å². The maximum absolute atomic E-state index is 4.07. The molecule has 1 aromatic carbocycles. The van der Waals surface area contributed by atoms with E-state index in [9.17, 15) is 0 Å². The minimum absolute atomic E-state index is 0.181. The van der Waals surface area contributed by atoms with E-state index in [1.165, 1.54) is 22.0 Å². The highest BCUT2D eigenvalue weighted by Gasteiger charge is 2.48. The van der Waals surface area contributed by atoms with Gasteiger partial charge in [0, 0.05) is 29.9 Å². The summed E-state index contributed by atoms with van der Waals surface area (Å²) in [7, 11) is 2.23. The molecule has 0 N–H and O–H groups in total. The molecule has 1 aliphatic rings. The van der Waals surface area contributed by atoms with Crippen LogP contribution in [0.25, 0.3) is 12.3 Å². The lowest BCUT2D eigenvalue weighted by Crippen LogP contribution is -2.33. The van der Waals surface area contributed by atoms with E-state index >= 15 is 0 Å². The average Bonchev–Trinajstić information content (AvgIpc) is 2.35. The molecule has 0 aliphatic carbocycles. The van der Waals surface area contributed by atoms with Crippen molar-refractivity contribution in [2.24, 2.45) is 10.8 Å². The third-order valence-corrected chi connectivity index (χ3v) is 5.13. The number of benzene rings is 1. The Morgan fingerprint density at radius 2 is 1.53 bits per heavy atom. The standard InChI is InChI=1S/C18H27N/c1-12-9-13(2)15(14(3)10-12)16-18(6,7)17(4,5)11-19(16)8/h9-10H,1,11H2,2-8H3. The van der Waals surface area contributed by atoms with Crippen molar-refractivity contribution in [2.75, 3.05) is 13.6 Å². The molecule has 1 nitrogen and oxygen atoms in total. The normalized spacial score (nSPS) is 21.0. The summed E-state index contributed by atoms with van der Waals surface area (Å²) in [5.41, 5.74) is 4.64. The van der Waals surface area contributed by atoms with E-state index in [0.29, 0.717) is 5.41 Å². The first-order valence-corrected chi connectivity index (χ1v) is 7.10. The van der Waals surface area contributed by atoms with Gasteiger partial charge in [0.15, 0.2) is 0 Å². The van der Waals surface area contributed by atoms with Gasteiger partial charge in [0.1, 0.15) is 0 Å². The van der Waals surface area contributed by atoms with Gasteiger partial charge in [-0.05, 0) is 35.6 Å². The van der Waals surface area contributed by atoms with Crippen LogP contribution in [0.1, 0.15) is 38.8 Å². The minimum atomic E-state index is 0.181. The highest BCUT2D eigenvalue weighted by molar-refractivity contribution is 5.57. The molecular formula is C18H27N. The Balaban J connectivity index is 2.90. The lowest BCUT2D eigenvalue weighted by atomic mass is 9.68. The van der Waals surface area contributed by atoms with E-state index in [-0.39, 0.29) is 5.41 Å². The van der Waals surface area contributed by atoms with E-state index in [2.05, 4.69) is 72.2 Å². The monoisotopic (exact) mass is 257 g/mol.